The Balaban J connectivity index is 2.29. The Morgan fingerprint density at radius 1 is 1.30 bits per heavy atom. The van der Waals surface area contributed by atoms with Crippen LogP contribution in [0.3, 0.4) is 0 Å². The molecular formula is C13H17NO5S. The van der Waals surface area contributed by atoms with Gasteiger partial charge in [0.2, 0.25) is 10.0 Å². The van der Waals surface area contributed by atoms with Gasteiger partial charge in [-0.25, -0.2) is 8.42 Å². The first-order valence-corrected chi connectivity index (χ1v) is 7.63. The average molecular weight is 299 g/mol. The number of rotatable bonds is 4. The predicted molar refractivity (Wildman–Crippen MR) is 71.9 cm³/mol. The van der Waals surface area contributed by atoms with E-state index in [0.29, 0.717) is 0 Å². The summed E-state index contributed by atoms with van der Waals surface area (Å²) < 4.78 is 31.2. The first kappa shape index (κ1) is 15.0. The number of ether oxygens (including phenoxy) is 1. The molecule has 110 valence electrons. The van der Waals surface area contributed by atoms with E-state index in [9.17, 15) is 13.2 Å². The Hall–Kier alpha value is -1.44. The van der Waals surface area contributed by atoms with E-state index in [1.807, 2.05) is 6.92 Å². The molecule has 6 nitrogen and oxygen atoms in total. The van der Waals surface area contributed by atoms with Crippen LogP contribution in [0.4, 0.5) is 0 Å². The van der Waals surface area contributed by atoms with E-state index in [4.69, 9.17) is 9.84 Å². The van der Waals surface area contributed by atoms with Gasteiger partial charge in [0.15, 0.2) is 0 Å². The first-order chi connectivity index (χ1) is 9.34. The zero-order chi connectivity index (χ0) is 14.9. The van der Waals surface area contributed by atoms with Crippen molar-refractivity contribution in [3.8, 4) is 0 Å². The minimum absolute atomic E-state index is 0.0355. The lowest BCUT2D eigenvalue weighted by Gasteiger charge is -2.25. The summed E-state index contributed by atoms with van der Waals surface area (Å²) in [4.78, 5) is 11.3. The monoisotopic (exact) mass is 299 g/mol. The molecule has 0 radical (unpaired) electrons. The Bertz CT molecular complexity index is 596. The molecule has 1 aliphatic heterocycles. The predicted octanol–water partition coefficient (Wildman–Crippen LogP) is 0.715. The fourth-order valence-corrected chi connectivity index (χ4v) is 3.57. The number of benzene rings is 1. The summed E-state index contributed by atoms with van der Waals surface area (Å²) in [6, 6.07) is 5.78. The Labute approximate surface area is 118 Å². The lowest BCUT2D eigenvalue weighted by atomic mass is 10.1. The maximum Gasteiger partial charge on any atom is 0.310 e. The van der Waals surface area contributed by atoms with Gasteiger partial charge in [-0.05, 0) is 19.1 Å². The van der Waals surface area contributed by atoms with E-state index in [2.05, 4.69) is 0 Å². The molecule has 2 atom stereocenters. The smallest absolute Gasteiger partial charge is 0.310 e. The number of carboxylic acids is 1. The number of sulfonamides is 1. The van der Waals surface area contributed by atoms with Crippen LogP contribution in [-0.4, -0.2) is 50.1 Å². The molecule has 2 unspecified atom stereocenters. The van der Waals surface area contributed by atoms with Crippen molar-refractivity contribution < 1.29 is 23.1 Å². The summed E-state index contributed by atoms with van der Waals surface area (Å²) in [5.74, 6) is -1.88. The van der Waals surface area contributed by atoms with Gasteiger partial charge in [-0.2, -0.15) is 4.31 Å². The van der Waals surface area contributed by atoms with Crippen LogP contribution in [0, 0.1) is 12.8 Å². The highest BCUT2D eigenvalue weighted by atomic mass is 32.2. The largest absolute Gasteiger partial charge is 0.481 e. The summed E-state index contributed by atoms with van der Waals surface area (Å²) in [6.07, 6.45) is 0. The van der Waals surface area contributed by atoms with Crippen molar-refractivity contribution in [3.63, 3.8) is 0 Å². The van der Waals surface area contributed by atoms with Crippen LogP contribution in [0.5, 0.6) is 0 Å². The minimum Gasteiger partial charge on any atom is -0.481 e. The highest BCUT2D eigenvalue weighted by Crippen LogP contribution is 2.25. The fourth-order valence-electron chi connectivity index (χ4n) is 2.19. The van der Waals surface area contributed by atoms with Gasteiger partial charge in [0.05, 0.1) is 30.1 Å². The van der Waals surface area contributed by atoms with Crippen molar-refractivity contribution >= 4 is 16.0 Å². The topological polar surface area (TPSA) is 83.9 Å². The molecule has 0 spiro atoms. The number of aryl methyl sites for hydroxylation is 1. The van der Waals surface area contributed by atoms with Crippen LogP contribution in [0.25, 0.3) is 0 Å². The maximum absolute atomic E-state index is 12.5. The lowest BCUT2D eigenvalue weighted by molar-refractivity contribution is -0.142. The van der Waals surface area contributed by atoms with Crippen molar-refractivity contribution in [2.45, 2.75) is 17.9 Å². The molecular weight excluding hydrogens is 282 g/mol. The van der Waals surface area contributed by atoms with E-state index in [-0.39, 0.29) is 18.1 Å². The molecule has 0 aromatic heterocycles. The Kier molecular flexibility index (Phi) is 4.12. The van der Waals surface area contributed by atoms with Gasteiger partial charge in [0.1, 0.15) is 0 Å². The van der Waals surface area contributed by atoms with Crippen LogP contribution in [-0.2, 0) is 19.6 Å². The average Bonchev–Trinajstić information content (AvgIpc) is 2.87. The quantitative estimate of drug-likeness (QED) is 0.885. The number of carbonyl (C=O) groups is 1. The molecule has 1 fully saturated rings. The zero-order valence-corrected chi connectivity index (χ0v) is 12.1. The number of likely N-dealkylation sites (N-methyl/N-ethyl adjacent to an activating group) is 1. The summed E-state index contributed by atoms with van der Waals surface area (Å²) in [7, 11) is -2.32. The Morgan fingerprint density at radius 3 is 2.45 bits per heavy atom. The SMILES string of the molecule is Cc1ccc(S(=O)(=O)N(C)C2COCC2C(=O)O)cc1. The molecule has 1 N–H and O–H groups in total. The third-order valence-corrected chi connectivity index (χ3v) is 5.43. The summed E-state index contributed by atoms with van der Waals surface area (Å²) in [5, 5.41) is 9.10. The van der Waals surface area contributed by atoms with Gasteiger partial charge >= 0.3 is 5.97 Å². The van der Waals surface area contributed by atoms with E-state index < -0.39 is 28.0 Å². The molecule has 2 rings (SSSR count). The number of carboxylic acid groups (broad SMARTS) is 1. The maximum atomic E-state index is 12.5. The van der Waals surface area contributed by atoms with E-state index in [0.717, 1.165) is 9.87 Å². The highest BCUT2D eigenvalue weighted by Gasteiger charge is 2.41. The molecule has 0 bridgehead atoms. The molecule has 20 heavy (non-hydrogen) atoms. The first-order valence-electron chi connectivity index (χ1n) is 6.19. The Morgan fingerprint density at radius 2 is 1.90 bits per heavy atom. The molecule has 1 aromatic rings. The second-order valence-corrected chi connectivity index (χ2v) is 6.88. The van der Waals surface area contributed by atoms with Crippen LogP contribution in [0.2, 0.25) is 0 Å². The molecule has 1 saturated heterocycles. The van der Waals surface area contributed by atoms with Crippen LogP contribution in [0.15, 0.2) is 29.2 Å². The second kappa shape index (κ2) is 5.51. The van der Waals surface area contributed by atoms with Crippen molar-refractivity contribution in [1.82, 2.24) is 4.31 Å². The fraction of sp³-hybridized carbons (Fsp3) is 0.462. The zero-order valence-electron chi connectivity index (χ0n) is 11.3. The van der Waals surface area contributed by atoms with Gasteiger partial charge in [0.25, 0.3) is 0 Å². The molecule has 0 aliphatic carbocycles. The van der Waals surface area contributed by atoms with Crippen molar-refractivity contribution in [3.05, 3.63) is 29.8 Å². The third kappa shape index (κ3) is 2.70. The number of nitrogens with zero attached hydrogens (tertiary/aromatic N) is 1. The lowest BCUT2D eigenvalue weighted by Crippen LogP contribution is -2.44. The van der Waals surface area contributed by atoms with Crippen molar-refractivity contribution in [2.75, 3.05) is 20.3 Å². The number of aliphatic carboxylic acids is 1. The van der Waals surface area contributed by atoms with Gasteiger partial charge in [-0.15, -0.1) is 0 Å². The summed E-state index contributed by atoms with van der Waals surface area (Å²) in [5.41, 5.74) is 0.958. The van der Waals surface area contributed by atoms with E-state index in [1.54, 1.807) is 12.1 Å². The van der Waals surface area contributed by atoms with Crippen LogP contribution < -0.4 is 0 Å². The van der Waals surface area contributed by atoms with E-state index >= 15 is 0 Å². The number of hydrogen-bond acceptors (Lipinski definition) is 4. The van der Waals surface area contributed by atoms with Gasteiger partial charge in [-0.3, -0.25) is 4.79 Å². The van der Waals surface area contributed by atoms with Crippen molar-refractivity contribution in [2.24, 2.45) is 5.92 Å². The third-order valence-electron chi connectivity index (χ3n) is 3.53. The molecule has 1 aliphatic rings. The molecule has 0 amide bonds. The van der Waals surface area contributed by atoms with Gasteiger partial charge < -0.3 is 9.84 Å². The van der Waals surface area contributed by atoms with E-state index in [1.165, 1.54) is 19.2 Å². The standard InChI is InChI=1S/C13H17NO5S/c1-9-3-5-10(6-4-9)20(17,18)14(2)12-8-19-7-11(12)13(15)16/h3-6,11-12H,7-8H2,1-2H3,(H,15,16). The van der Waals surface area contributed by atoms with Crippen LogP contribution in [0.1, 0.15) is 5.56 Å². The highest BCUT2D eigenvalue weighted by molar-refractivity contribution is 7.89. The minimum atomic E-state index is -3.72. The van der Waals surface area contributed by atoms with Gasteiger partial charge in [-0.1, -0.05) is 17.7 Å². The molecule has 1 aromatic carbocycles. The molecule has 1 heterocycles. The van der Waals surface area contributed by atoms with Gasteiger partial charge in [0, 0.05) is 7.05 Å². The summed E-state index contributed by atoms with van der Waals surface area (Å²) in [6.45, 7) is 2.00. The number of hydrogen-bond donors (Lipinski definition) is 1. The van der Waals surface area contributed by atoms with Crippen molar-refractivity contribution in [1.29, 1.82) is 0 Å². The molecule has 0 saturated carbocycles. The molecule has 7 heteroatoms. The summed E-state index contributed by atoms with van der Waals surface area (Å²) >= 11 is 0. The second-order valence-electron chi connectivity index (χ2n) is 4.88. The normalized spacial score (nSPS) is 23.1. The van der Waals surface area contributed by atoms with Crippen LogP contribution >= 0.6 is 0 Å².